The van der Waals surface area contributed by atoms with Crippen LogP contribution in [0.5, 0.6) is 0 Å². The van der Waals surface area contributed by atoms with Gasteiger partial charge in [0.25, 0.3) is 0 Å². The zero-order chi connectivity index (χ0) is 12.7. The highest BCUT2D eigenvalue weighted by Crippen LogP contribution is 2.36. The molecule has 1 N–H and O–H groups in total. The molecule has 0 unspecified atom stereocenters. The minimum absolute atomic E-state index is 0.201. The van der Waals surface area contributed by atoms with Crippen molar-refractivity contribution in [1.29, 1.82) is 0 Å². The van der Waals surface area contributed by atoms with Crippen LogP contribution < -0.4 is 0 Å². The topological polar surface area (TPSA) is 72.0 Å². The van der Waals surface area contributed by atoms with E-state index in [1.165, 1.54) is 0 Å². The van der Waals surface area contributed by atoms with E-state index in [4.69, 9.17) is 4.52 Å². The Labute approximate surface area is 105 Å². The van der Waals surface area contributed by atoms with Crippen LogP contribution >= 0.6 is 0 Å². The van der Waals surface area contributed by atoms with Crippen LogP contribution in [0.1, 0.15) is 35.9 Å². The van der Waals surface area contributed by atoms with E-state index in [9.17, 15) is 5.11 Å². The average Bonchev–Trinajstić information content (AvgIpc) is 2.72. The van der Waals surface area contributed by atoms with Gasteiger partial charge < -0.3 is 9.63 Å². The van der Waals surface area contributed by atoms with Crippen molar-refractivity contribution in [2.24, 2.45) is 0 Å². The molecule has 0 aliphatic heterocycles. The Morgan fingerprint density at radius 2 is 2.00 bits per heavy atom. The summed E-state index contributed by atoms with van der Waals surface area (Å²) >= 11 is 0. The summed E-state index contributed by atoms with van der Waals surface area (Å²) in [5.41, 5.74) is 2.81. The fraction of sp³-hybridized carbons (Fsp3) is 0.462. The zero-order valence-corrected chi connectivity index (χ0v) is 10.4. The normalized spacial score (nSPS) is 22.8. The number of pyridine rings is 1. The van der Waals surface area contributed by atoms with Crippen molar-refractivity contribution in [2.45, 2.75) is 38.7 Å². The Morgan fingerprint density at radius 3 is 2.67 bits per heavy atom. The molecule has 0 aromatic carbocycles. The van der Waals surface area contributed by atoms with E-state index >= 15 is 0 Å². The summed E-state index contributed by atoms with van der Waals surface area (Å²) in [5, 5.41) is 13.2. The van der Waals surface area contributed by atoms with Crippen LogP contribution in [-0.4, -0.2) is 26.3 Å². The van der Waals surface area contributed by atoms with Gasteiger partial charge in [-0.1, -0.05) is 5.16 Å². The molecule has 1 aliphatic rings. The van der Waals surface area contributed by atoms with E-state index in [1.54, 1.807) is 0 Å². The van der Waals surface area contributed by atoms with Crippen molar-refractivity contribution in [3.05, 3.63) is 29.3 Å². The Kier molecular flexibility index (Phi) is 2.63. The van der Waals surface area contributed by atoms with Gasteiger partial charge in [-0.2, -0.15) is 4.98 Å². The predicted molar refractivity (Wildman–Crippen MR) is 65.0 cm³/mol. The third-order valence-electron chi connectivity index (χ3n) is 3.23. The quantitative estimate of drug-likeness (QED) is 0.876. The highest BCUT2D eigenvalue weighted by atomic mass is 16.5. The molecule has 2 aromatic rings. The lowest BCUT2D eigenvalue weighted by atomic mass is 9.82. The largest absolute Gasteiger partial charge is 0.393 e. The van der Waals surface area contributed by atoms with Crippen LogP contribution in [0.25, 0.3) is 11.5 Å². The van der Waals surface area contributed by atoms with Crippen LogP contribution in [-0.2, 0) is 0 Å². The summed E-state index contributed by atoms with van der Waals surface area (Å²) in [6.45, 7) is 3.96. The number of nitrogens with zero attached hydrogens (tertiary/aromatic N) is 3. The molecule has 0 bridgehead atoms. The molecule has 3 rings (SSSR count). The van der Waals surface area contributed by atoms with Crippen molar-refractivity contribution in [2.75, 3.05) is 0 Å². The van der Waals surface area contributed by atoms with E-state index in [1.807, 2.05) is 26.0 Å². The lowest BCUT2D eigenvalue weighted by Gasteiger charge is -2.27. The van der Waals surface area contributed by atoms with Crippen molar-refractivity contribution >= 4 is 0 Å². The van der Waals surface area contributed by atoms with E-state index in [0.717, 1.165) is 17.0 Å². The van der Waals surface area contributed by atoms with Crippen LogP contribution in [0, 0.1) is 13.8 Å². The Balaban J connectivity index is 1.88. The first-order valence-corrected chi connectivity index (χ1v) is 6.09. The number of aromatic nitrogens is 3. The fourth-order valence-corrected chi connectivity index (χ4v) is 2.25. The Morgan fingerprint density at radius 1 is 1.22 bits per heavy atom. The number of hydrogen-bond acceptors (Lipinski definition) is 5. The first kappa shape index (κ1) is 11.3. The minimum atomic E-state index is -0.218. The van der Waals surface area contributed by atoms with Crippen molar-refractivity contribution in [1.82, 2.24) is 15.1 Å². The van der Waals surface area contributed by atoms with Crippen molar-refractivity contribution in [3.63, 3.8) is 0 Å². The van der Waals surface area contributed by atoms with Crippen molar-refractivity contribution < 1.29 is 9.63 Å². The molecule has 1 aliphatic carbocycles. The van der Waals surface area contributed by atoms with E-state index in [2.05, 4.69) is 15.1 Å². The lowest BCUT2D eigenvalue weighted by Crippen LogP contribution is -2.26. The van der Waals surface area contributed by atoms with Gasteiger partial charge in [-0.25, -0.2) is 4.98 Å². The van der Waals surface area contributed by atoms with Crippen LogP contribution in [0.4, 0.5) is 0 Å². The van der Waals surface area contributed by atoms with Gasteiger partial charge in [-0.3, -0.25) is 0 Å². The summed E-state index contributed by atoms with van der Waals surface area (Å²) in [6.07, 6.45) is 1.20. The molecule has 5 nitrogen and oxygen atoms in total. The maximum atomic E-state index is 9.27. The van der Waals surface area contributed by atoms with Crippen LogP contribution in [0.3, 0.4) is 0 Å². The van der Waals surface area contributed by atoms with Gasteiger partial charge in [-0.15, -0.1) is 0 Å². The number of rotatable bonds is 2. The smallest absolute Gasteiger partial charge is 0.230 e. The molecule has 0 atom stereocenters. The molecule has 1 fully saturated rings. The Bertz CT molecular complexity index is 553. The van der Waals surface area contributed by atoms with Gasteiger partial charge in [-0.05, 0) is 44.4 Å². The lowest BCUT2D eigenvalue weighted by molar-refractivity contribution is 0.0625. The predicted octanol–water partition coefficient (Wildman–Crippen LogP) is 1.99. The maximum absolute atomic E-state index is 9.27. The van der Waals surface area contributed by atoms with Gasteiger partial charge in [0.1, 0.15) is 5.69 Å². The molecule has 0 spiro atoms. The molecular weight excluding hydrogens is 230 g/mol. The van der Waals surface area contributed by atoms with Gasteiger partial charge in [0.05, 0.1) is 6.10 Å². The number of aliphatic hydroxyl groups is 1. The molecule has 0 amide bonds. The molecule has 0 radical (unpaired) electrons. The zero-order valence-electron chi connectivity index (χ0n) is 10.4. The van der Waals surface area contributed by atoms with Crippen LogP contribution in [0.15, 0.2) is 16.7 Å². The van der Waals surface area contributed by atoms with E-state index in [-0.39, 0.29) is 12.0 Å². The van der Waals surface area contributed by atoms with Gasteiger partial charge in [0.2, 0.25) is 11.7 Å². The van der Waals surface area contributed by atoms with Crippen molar-refractivity contribution in [3.8, 4) is 11.5 Å². The monoisotopic (exact) mass is 245 g/mol. The summed E-state index contributed by atoms with van der Waals surface area (Å²) in [7, 11) is 0. The second-order valence-electron chi connectivity index (χ2n) is 4.95. The highest BCUT2D eigenvalue weighted by molar-refractivity contribution is 5.50. The third-order valence-corrected chi connectivity index (χ3v) is 3.23. The standard InChI is InChI=1S/C13H15N3O2/c1-7-3-8(2)14-11(4-7)12-15-13(18-16-12)9-5-10(17)6-9/h3-4,9-10,17H,5-6H2,1-2H3. The second kappa shape index (κ2) is 4.17. The number of aliphatic hydroxyl groups excluding tert-OH is 1. The summed E-state index contributed by atoms with van der Waals surface area (Å²) in [5.74, 6) is 1.33. The SMILES string of the molecule is Cc1cc(C)nc(-c2noc(C3CC(O)C3)n2)c1. The van der Waals surface area contributed by atoms with E-state index < -0.39 is 0 Å². The third kappa shape index (κ3) is 2.01. The second-order valence-corrected chi connectivity index (χ2v) is 4.95. The van der Waals surface area contributed by atoms with E-state index in [0.29, 0.717) is 24.6 Å². The molecule has 2 aromatic heterocycles. The van der Waals surface area contributed by atoms with Gasteiger partial charge >= 0.3 is 0 Å². The van der Waals surface area contributed by atoms with Gasteiger partial charge in [0, 0.05) is 11.6 Å². The molecule has 94 valence electrons. The average molecular weight is 245 g/mol. The highest BCUT2D eigenvalue weighted by Gasteiger charge is 2.33. The molecule has 0 saturated heterocycles. The maximum Gasteiger partial charge on any atom is 0.230 e. The number of aryl methyl sites for hydroxylation is 2. The molecule has 5 heteroatoms. The fourth-order valence-electron chi connectivity index (χ4n) is 2.25. The first-order chi connectivity index (χ1) is 8.61. The first-order valence-electron chi connectivity index (χ1n) is 6.09. The summed E-state index contributed by atoms with van der Waals surface area (Å²) < 4.78 is 5.24. The molecule has 18 heavy (non-hydrogen) atoms. The van der Waals surface area contributed by atoms with Crippen LogP contribution in [0.2, 0.25) is 0 Å². The number of hydrogen-bond donors (Lipinski definition) is 1. The minimum Gasteiger partial charge on any atom is -0.393 e. The summed E-state index contributed by atoms with van der Waals surface area (Å²) in [4.78, 5) is 8.77. The Hall–Kier alpha value is -1.75. The molecule has 1 saturated carbocycles. The molecular formula is C13H15N3O2. The summed E-state index contributed by atoms with van der Waals surface area (Å²) in [6, 6.07) is 3.95. The molecule has 2 heterocycles. The van der Waals surface area contributed by atoms with Gasteiger partial charge in [0.15, 0.2) is 0 Å².